The van der Waals surface area contributed by atoms with Crippen molar-refractivity contribution in [2.75, 3.05) is 0 Å². The van der Waals surface area contributed by atoms with Crippen molar-refractivity contribution in [1.29, 1.82) is 0 Å². The molecule has 2 N–H and O–H groups in total. The molecular formula is C10H14N4O2. The first-order valence-electron chi connectivity index (χ1n) is 5.27. The lowest BCUT2D eigenvalue weighted by molar-refractivity contribution is 0.716. The van der Waals surface area contributed by atoms with Crippen LogP contribution >= 0.6 is 0 Å². The van der Waals surface area contributed by atoms with E-state index in [1.54, 1.807) is 0 Å². The largest absolute Gasteiger partial charge is 0.336 e. The second-order valence-corrected chi connectivity index (χ2v) is 3.98. The van der Waals surface area contributed by atoms with Gasteiger partial charge in [0, 0.05) is 12.5 Å². The molecule has 86 valence electrons. The number of aryl methyl sites for hydroxylation is 1. The third-order valence-electron chi connectivity index (χ3n) is 2.51. The van der Waals surface area contributed by atoms with E-state index in [2.05, 4.69) is 15.0 Å². The van der Waals surface area contributed by atoms with Crippen LogP contribution in [0.2, 0.25) is 0 Å². The van der Waals surface area contributed by atoms with Gasteiger partial charge in [0.05, 0.1) is 0 Å². The monoisotopic (exact) mass is 222 g/mol. The van der Waals surface area contributed by atoms with E-state index in [1.807, 2.05) is 20.8 Å². The fourth-order valence-corrected chi connectivity index (χ4v) is 1.63. The van der Waals surface area contributed by atoms with Crippen molar-refractivity contribution >= 4 is 11.2 Å². The highest BCUT2D eigenvalue weighted by atomic mass is 16.2. The number of H-pyrrole nitrogens is 2. The molecule has 2 aromatic rings. The summed E-state index contributed by atoms with van der Waals surface area (Å²) in [7, 11) is 0. The van der Waals surface area contributed by atoms with Gasteiger partial charge in [-0.05, 0) is 6.92 Å². The van der Waals surface area contributed by atoms with Crippen LogP contribution in [0.25, 0.3) is 11.2 Å². The van der Waals surface area contributed by atoms with Crippen LogP contribution < -0.4 is 11.2 Å². The minimum atomic E-state index is -0.415. The molecule has 0 aliphatic carbocycles. The van der Waals surface area contributed by atoms with Gasteiger partial charge in [-0.3, -0.25) is 14.3 Å². The number of nitrogens with one attached hydrogen (secondary N) is 2. The predicted octanol–water partition coefficient (Wildman–Crippen LogP) is 0.556. The van der Waals surface area contributed by atoms with Crippen molar-refractivity contribution in [2.24, 2.45) is 0 Å². The Morgan fingerprint density at radius 1 is 1.31 bits per heavy atom. The standard InChI is InChI=1S/C10H14N4O2/c1-4-14-8-6(9(15)13-10(14)16)11-7(12-8)5(2)3/h5H,4H2,1-3H3,(H,11,12)(H,13,15,16). The SMILES string of the molecule is CCn1c(=O)[nH]c(=O)c2[nH]c(C(C)C)nc21. The van der Waals surface area contributed by atoms with Crippen molar-refractivity contribution in [3.63, 3.8) is 0 Å². The number of nitrogens with zero attached hydrogens (tertiary/aromatic N) is 2. The molecule has 0 amide bonds. The molecule has 2 heterocycles. The molecule has 0 spiro atoms. The van der Waals surface area contributed by atoms with E-state index >= 15 is 0 Å². The molecule has 0 radical (unpaired) electrons. The Morgan fingerprint density at radius 3 is 2.56 bits per heavy atom. The third kappa shape index (κ3) is 1.46. The molecule has 0 aliphatic rings. The van der Waals surface area contributed by atoms with Crippen molar-refractivity contribution in [3.8, 4) is 0 Å². The Kier molecular flexibility index (Phi) is 2.41. The predicted molar refractivity (Wildman–Crippen MR) is 60.7 cm³/mol. The number of fused-ring (bicyclic) bond motifs is 1. The van der Waals surface area contributed by atoms with E-state index in [-0.39, 0.29) is 5.92 Å². The minimum absolute atomic E-state index is 0.187. The zero-order chi connectivity index (χ0) is 11.9. The fraction of sp³-hybridized carbons (Fsp3) is 0.500. The summed E-state index contributed by atoms with van der Waals surface area (Å²) in [6, 6.07) is 0. The first kappa shape index (κ1) is 10.7. The quantitative estimate of drug-likeness (QED) is 0.778. The van der Waals surface area contributed by atoms with Gasteiger partial charge >= 0.3 is 5.69 Å². The summed E-state index contributed by atoms with van der Waals surface area (Å²) < 4.78 is 1.44. The van der Waals surface area contributed by atoms with Gasteiger partial charge < -0.3 is 4.98 Å². The normalized spacial score (nSPS) is 11.5. The number of imidazole rings is 1. The average molecular weight is 222 g/mol. The van der Waals surface area contributed by atoms with E-state index < -0.39 is 11.2 Å². The van der Waals surface area contributed by atoms with E-state index in [4.69, 9.17) is 0 Å². The summed E-state index contributed by atoms with van der Waals surface area (Å²) in [6.07, 6.45) is 0. The van der Waals surface area contributed by atoms with Gasteiger partial charge in [-0.2, -0.15) is 0 Å². The number of rotatable bonds is 2. The van der Waals surface area contributed by atoms with Crippen LogP contribution in [0.15, 0.2) is 9.59 Å². The summed E-state index contributed by atoms with van der Waals surface area (Å²) in [4.78, 5) is 32.6. The highest BCUT2D eigenvalue weighted by Crippen LogP contribution is 2.12. The molecule has 0 atom stereocenters. The lowest BCUT2D eigenvalue weighted by Gasteiger charge is -2.00. The third-order valence-corrected chi connectivity index (χ3v) is 2.51. The van der Waals surface area contributed by atoms with Crippen LogP contribution in [0.4, 0.5) is 0 Å². The van der Waals surface area contributed by atoms with Crippen LogP contribution in [0.1, 0.15) is 32.5 Å². The van der Waals surface area contributed by atoms with E-state index in [1.165, 1.54) is 4.57 Å². The zero-order valence-electron chi connectivity index (χ0n) is 9.50. The first-order chi connectivity index (χ1) is 7.54. The summed E-state index contributed by atoms with van der Waals surface area (Å²) in [5, 5.41) is 0. The molecule has 6 heteroatoms. The fourth-order valence-electron chi connectivity index (χ4n) is 1.63. The van der Waals surface area contributed by atoms with Crippen molar-refractivity contribution in [2.45, 2.75) is 33.2 Å². The molecule has 0 fully saturated rings. The summed E-state index contributed by atoms with van der Waals surface area (Å²) in [5.41, 5.74) is -0.0315. The Hall–Kier alpha value is -1.85. The highest BCUT2D eigenvalue weighted by Gasteiger charge is 2.13. The lowest BCUT2D eigenvalue weighted by Crippen LogP contribution is -2.29. The van der Waals surface area contributed by atoms with E-state index in [9.17, 15) is 9.59 Å². The molecule has 2 aromatic heterocycles. The van der Waals surface area contributed by atoms with E-state index in [0.717, 1.165) is 0 Å². The van der Waals surface area contributed by atoms with Gasteiger partial charge in [-0.25, -0.2) is 9.78 Å². The molecule has 2 rings (SSSR count). The number of aromatic nitrogens is 4. The van der Waals surface area contributed by atoms with Gasteiger partial charge in [0.15, 0.2) is 5.65 Å². The molecular weight excluding hydrogens is 208 g/mol. The Bertz CT molecular complexity index is 632. The molecule has 0 unspecified atom stereocenters. The van der Waals surface area contributed by atoms with Gasteiger partial charge in [0.25, 0.3) is 5.56 Å². The molecule has 0 saturated heterocycles. The molecule has 6 nitrogen and oxygen atoms in total. The van der Waals surface area contributed by atoms with Crippen LogP contribution in [-0.4, -0.2) is 19.5 Å². The van der Waals surface area contributed by atoms with Crippen LogP contribution in [0.5, 0.6) is 0 Å². The lowest BCUT2D eigenvalue weighted by atomic mass is 10.2. The maximum absolute atomic E-state index is 11.6. The van der Waals surface area contributed by atoms with Crippen molar-refractivity contribution in [3.05, 3.63) is 26.7 Å². The van der Waals surface area contributed by atoms with Gasteiger partial charge in [-0.15, -0.1) is 0 Å². The minimum Gasteiger partial charge on any atom is -0.336 e. The molecule has 0 bridgehead atoms. The Morgan fingerprint density at radius 2 is 2.00 bits per heavy atom. The summed E-state index contributed by atoms with van der Waals surface area (Å²) >= 11 is 0. The molecule has 0 aliphatic heterocycles. The van der Waals surface area contributed by atoms with Crippen LogP contribution in [-0.2, 0) is 6.54 Å². The first-order valence-corrected chi connectivity index (χ1v) is 5.27. The molecule has 0 saturated carbocycles. The van der Waals surface area contributed by atoms with Crippen molar-refractivity contribution in [1.82, 2.24) is 19.5 Å². The Balaban J connectivity index is 2.89. The van der Waals surface area contributed by atoms with Gasteiger partial charge in [0.1, 0.15) is 11.3 Å². The number of hydrogen-bond acceptors (Lipinski definition) is 3. The molecule has 16 heavy (non-hydrogen) atoms. The molecule has 0 aromatic carbocycles. The maximum Gasteiger partial charge on any atom is 0.330 e. The number of aromatic amines is 2. The maximum atomic E-state index is 11.6. The second-order valence-electron chi connectivity index (χ2n) is 3.98. The van der Waals surface area contributed by atoms with Crippen LogP contribution in [0.3, 0.4) is 0 Å². The average Bonchev–Trinajstić information content (AvgIpc) is 2.63. The Labute approximate surface area is 91.3 Å². The highest BCUT2D eigenvalue weighted by molar-refractivity contribution is 5.69. The zero-order valence-corrected chi connectivity index (χ0v) is 9.50. The van der Waals surface area contributed by atoms with Crippen LogP contribution in [0, 0.1) is 0 Å². The van der Waals surface area contributed by atoms with Gasteiger partial charge in [-0.1, -0.05) is 13.8 Å². The topological polar surface area (TPSA) is 83.5 Å². The summed E-state index contributed by atoms with van der Waals surface area (Å²) in [5.74, 6) is 0.903. The summed E-state index contributed by atoms with van der Waals surface area (Å²) in [6.45, 7) is 6.26. The smallest absolute Gasteiger partial charge is 0.330 e. The van der Waals surface area contributed by atoms with Gasteiger partial charge in [0.2, 0.25) is 0 Å². The number of hydrogen-bond donors (Lipinski definition) is 2. The van der Waals surface area contributed by atoms with E-state index in [0.29, 0.717) is 23.5 Å². The van der Waals surface area contributed by atoms with Crippen molar-refractivity contribution < 1.29 is 0 Å². The second kappa shape index (κ2) is 3.62.